The van der Waals surface area contributed by atoms with Crippen molar-refractivity contribution in [3.05, 3.63) is 35.7 Å². The number of ether oxygens (including phenoxy) is 2. The first-order valence-electron chi connectivity index (χ1n) is 5.67. The van der Waals surface area contributed by atoms with Gasteiger partial charge in [0.05, 0.1) is 9.96 Å². The van der Waals surface area contributed by atoms with Gasteiger partial charge in [-0.1, -0.05) is 6.07 Å². The van der Waals surface area contributed by atoms with Gasteiger partial charge in [-0.3, -0.25) is 4.79 Å². The predicted molar refractivity (Wildman–Crippen MR) is 76.2 cm³/mol. The van der Waals surface area contributed by atoms with Crippen LogP contribution in [0.25, 0.3) is 0 Å². The Labute approximate surface area is 118 Å². The molecule has 2 aromatic rings. The lowest BCUT2D eigenvalue weighted by atomic mass is 10.3. The molecule has 0 fully saturated rings. The summed E-state index contributed by atoms with van der Waals surface area (Å²) < 4.78 is 11.6. The maximum absolute atomic E-state index is 11.8. The van der Waals surface area contributed by atoms with Gasteiger partial charge in [-0.25, -0.2) is 0 Å². The average molecular weight is 293 g/mol. The van der Waals surface area contributed by atoms with E-state index >= 15 is 0 Å². The second-order valence-electron chi connectivity index (χ2n) is 3.84. The fourth-order valence-corrected chi connectivity index (χ4v) is 3.24. The molecule has 0 radical (unpaired) electrons. The molecule has 0 bridgehead atoms. The molecule has 98 valence electrons. The van der Waals surface area contributed by atoms with Gasteiger partial charge in [0.2, 0.25) is 12.7 Å². The normalized spacial score (nSPS) is 12.4. The quantitative estimate of drug-likeness (QED) is 0.879. The summed E-state index contributed by atoms with van der Waals surface area (Å²) in [6, 6.07) is 9.35. The van der Waals surface area contributed by atoms with Crippen LogP contribution in [0.5, 0.6) is 11.5 Å². The first kappa shape index (κ1) is 12.4. The van der Waals surface area contributed by atoms with Crippen LogP contribution in [0.3, 0.4) is 0 Å². The van der Waals surface area contributed by atoms with Gasteiger partial charge in [0.1, 0.15) is 0 Å². The molecule has 19 heavy (non-hydrogen) atoms. The van der Waals surface area contributed by atoms with Crippen LogP contribution in [-0.2, 0) is 4.79 Å². The largest absolute Gasteiger partial charge is 0.454 e. The molecule has 0 aliphatic carbocycles. The van der Waals surface area contributed by atoms with Crippen LogP contribution >= 0.6 is 23.1 Å². The van der Waals surface area contributed by atoms with Crippen LogP contribution in [0.15, 0.2) is 39.9 Å². The van der Waals surface area contributed by atoms with Crippen molar-refractivity contribution in [3.8, 4) is 11.5 Å². The number of amides is 1. The lowest BCUT2D eigenvalue weighted by Gasteiger charge is -2.05. The van der Waals surface area contributed by atoms with Gasteiger partial charge in [-0.2, -0.15) is 0 Å². The van der Waals surface area contributed by atoms with E-state index in [4.69, 9.17) is 9.47 Å². The Hall–Kier alpha value is -1.66. The molecule has 1 N–H and O–H groups in total. The van der Waals surface area contributed by atoms with Crippen LogP contribution < -0.4 is 14.8 Å². The summed E-state index contributed by atoms with van der Waals surface area (Å²) >= 11 is 3.16. The molecular formula is C13H11NO3S2. The summed E-state index contributed by atoms with van der Waals surface area (Å²) in [4.78, 5) is 11.8. The highest BCUT2D eigenvalue weighted by Crippen LogP contribution is 2.34. The van der Waals surface area contributed by atoms with Crippen molar-refractivity contribution >= 4 is 34.7 Å². The predicted octanol–water partition coefficient (Wildman–Crippen LogP) is 3.21. The lowest BCUT2D eigenvalue weighted by molar-refractivity contribution is -0.113. The highest BCUT2D eigenvalue weighted by Gasteiger charge is 2.14. The lowest BCUT2D eigenvalue weighted by Crippen LogP contribution is -2.13. The topological polar surface area (TPSA) is 47.6 Å². The van der Waals surface area contributed by atoms with E-state index in [9.17, 15) is 4.79 Å². The Morgan fingerprint density at radius 2 is 2.21 bits per heavy atom. The van der Waals surface area contributed by atoms with Crippen LogP contribution in [0, 0.1) is 0 Å². The SMILES string of the molecule is O=C(CSc1cccs1)Nc1ccc2c(c1)OCO2. The molecule has 1 amide bonds. The second-order valence-corrected chi connectivity index (χ2v) is 6.06. The van der Waals surface area contributed by atoms with E-state index in [0.717, 1.165) is 9.90 Å². The minimum atomic E-state index is -0.0303. The van der Waals surface area contributed by atoms with E-state index in [1.54, 1.807) is 29.5 Å². The number of nitrogens with one attached hydrogen (secondary N) is 1. The van der Waals surface area contributed by atoms with Crippen LogP contribution in [0.1, 0.15) is 0 Å². The van der Waals surface area contributed by atoms with Crippen molar-refractivity contribution in [2.24, 2.45) is 0 Å². The number of carbonyl (C=O) groups is 1. The molecule has 3 rings (SSSR count). The van der Waals surface area contributed by atoms with Crippen molar-refractivity contribution in [1.29, 1.82) is 0 Å². The van der Waals surface area contributed by atoms with E-state index in [1.165, 1.54) is 11.8 Å². The number of fused-ring (bicyclic) bond motifs is 1. The van der Waals surface area contributed by atoms with E-state index in [1.807, 2.05) is 17.5 Å². The van der Waals surface area contributed by atoms with E-state index in [0.29, 0.717) is 17.3 Å². The van der Waals surface area contributed by atoms with Gasteiger partial charge in [0.25, 0.3) is 0 Å². The average Bonchev–Trinajstić information content (AvgIpc) is 3.07. The zero-order chi connectivity index (χ0) is 13.1. The van der Waals surface area contributed by atoms with Gasteiger partial charge in [0, 0.05) is 11.8 Å². The van der Waals surface area contributed by atoms with E-state index in [2.05, 4.69) is 5.32 Å². The monoisotopic (exact) mass is 293 g/mol. The Morgan fingerprint density at radius 1 is 1.32 bits per heavy atom. The molecule has 6 heteroatoms. The third-order valence-corrected chi connectivity index (χ3v) is 4.63. The molecule has 1 aromatic carbocycles. The van der Waals surface area contributed by atoms with Gasteiger partial charge < -0.3 is 14.8 Å². The van der Waals surface area contributed by atoms with Crippen molar-refractivity contribution in [1.82, 2.24) is 0 Å². The number of benzene rings is 1. The van der Waals surface area contributed by atoms with Crippen molar-refractivity contribution in [2.45, 2.75) is 4.21 Å². The molecular weight excluding hydrogens is 282 g/mol. The number of rotatable bonds is 4. The van der Waals surface area contributed by atoms with Gasteiger partial charge in [-0.15, -0.1) is 23.1 Å². The highest BCUT2D eigenvalue weighted by atomic mass is 32.2. The molecule has 1 aromatic heterocycles. The zero-order valence-electron chi connectivity index (χ0n) is 9.92. The van der Waals surface area contributed by atoms with Gasteiger partial charge >= 0.3 is 0 Å². The Balaban J connectivity index is 1.57. The zero-order valence-corrected chi connectivity index (χ0v) is 11.6. The van der Waals surface area contributed by atoms with Crippen LogP contribution in [0.4, 0.5) is 5.69 Å². The maximum Gasteiger partial charge on any atom is 0.234 e. The number of hydrogen-bond donors (Lipinski definition) is 1. The Kier molecular flexibility index (Phi) is 3.61. The molecule has 0 unspecified atom stereocenters. The molecule has 4 nitrogen and oxygen atoms in total. The number of anilines is 1. The van der Waals surface area contributed by atoms with Crippen LogP contribution in [-0.4, -0.2) is 18.5 Å². The summed E-state index contributed by atoms with van der Waals surface area (Å²) in [5, 5.41) is 4.84. The molecule has 1 aliphatic heterocycles. The minimum absolute atomic E-state index is 0.0303. The fraction of sp³-hybridized carbons (Fsp3) is 0.154. The second kappa shape index (κ2) is 5.54. The standard InChI is InChI=1S/C13H11NO3S2/c15-12(7-19-13-2-1-5-18-13)14-9-3-4-10-11(6-9)17-8-16-10/h1-6H,7-8H2,(H,14,15). The summed E-state index contributed by atoms with van der Waals surface area (Å²) in [6.07, 6.45) is 0. The first-order valence-corrected chi connectivity index (χ1v) is 7.53. The summed E-state index contributed by atoms with van der Waals surface area (Å²) in [5.41, 5.74) is 0.723. The number of thioether (sulfide) groups is 1. The molecule has 0 saturated carbocycles. The molecule has 0 spiro atoms. The highest BCUT2D eigenvalue weighted by molar-refractivity contribution is 8.01. The maximum atomic E-state index is 11.8. The Bertz CT molecular complexity index is 584. The summed E-state index contributed by atoms with van der Waals surface area (Å²) in [6.45, 7) is 0.237. The number of hydrogen-bond acceptors (Lipinski definition) is 5. The Morgan fingerprint density at radius 3 is 3.05 bits per heavy atom. The smallest absolute Gasteiger partial charge is 0.234 e. The summed E-state index contributed by atoms with van der Waals surface area (Å²) in [5.74, 6) is 1.75. The number of thiophene rings is 1. The van der Waals surface area contributed by atoms with Gasteiger partial charge in [-0.05, 0) is 23.6 Å². The van der Waals surface area contributed by atoms with E-state index < -0.39 is 0 Å². The first-order chi connectivity index (χ1) is 9.31. The third-order valence-electron chi connectivity index (χ3n) is 2.50. The number of carbonyl (C=O) groups excluding carboxylic acids is 1. The van der Waals surface area contributed by atoms with Crippen molar-refractivity contribution in [2.75, 3.05) is 17.9 Å². The molecule has 1 aliphatic rings. The minimum Gasteiger partial charge on any atom is -0.454 e. The van der Waals surface area contributed by atoms with E-state index in [-0.39, 0.29) is 12.7 Å². The van der Waals surface area contributed by atoms with Gasteiger partial charge in [0.15, 0.2) is 11.5 Å². The molecule has 2 heterocycles. The molecule has 0 atom stereocenters. The van der Waals surface area contributed by atoms with Crippen molar-refractivity contribution < 1.29 is 14.3 Å². The molecule has 0 saturated heterocycles. The van der Waals surface area contributed by atoms with Crippen LogP contribution in [0.2, 0.25) is 0 Å². The fourth-order valence-electron chi connectivity index (χ4n) is 1.65. The third kappa shape index (κ3) is 3.02. The van der Waals surface area contributed by atoms with Crippen molar-refractivity contribution in [3.63, 3.8) is 0 Å². The summed E-state index contributed by atoms with van der Waals surface area (Å²) in [7, 11) is 0.